The fraction of sp³-hybridized carbons (Fsp3) is 0.933. The Morgan fingerprint density at radius 3 is 2.50 bits per heavy atom. The second-order valence-electron chi connectivity index (χ2n) is 5.71. The highest BCUT2D eigenvalue weighted by Gasteiger charge is 2.22. The second kappa shape index (κ2) is 8.52. The molecule has 1 amide bonds. The molecule has 2 N–H and O–H groups in total. The van der Waals surface area contributed by atoms with Crippen LogP contribution >= 0.6 is 0 Å². The number of aliphatic hydroxyl groups is 1. The van der Waals surface area contributed by atoms with Crippen molar-refractivity contribution in [2.75, 3.05) is 6.54 Å². The van der Waals surface area contributed by atoms with E-state index in [0.717, 1.165) is 57.9 Å². The van der Waals surface area contributed by atoms with E-state index in [2.05, 4.69) is 19.2 Å². The third kappa shape index (κ3) is 5.38. The number of aliphatic hydroxyl groups excluding tert-OH is 1. The minimum absolute atomic E-state index is 0.150. The van der Waals surface area contributed by atoms with E-state index in [-0.39, 0.29) is 17.9 Å². The molecule has 0 aromatic heterocycles. The standard InChI is InChI=1S/C15H29NO2/c1-3-6-13(7-4-2)15(18)16-11-12-8-5-9-14(17)10-12/h12-14,17H,3-11H2,1-2H3,(H,16,18). The SMILES string of the molecule is CCCC(CCC)C(=O)NCC1CCCC(O)C1. The molecule has 3 heteroatoms. The van der Waals surface area contributed by atoms with Crippen LogP contribution in [0.5, 0.6) is 0 Å². The quantitative estimate of drug-likeness (QED) is 0.735. The zero-order valence-electron chi connectivity index (χ0n) is 12.0. The molecule has 0 heterocycles. The molecule has 2 unspecified atom stereocenters. The lowest BCUT2D eigenvalue weighted by Crippen LogP contribution is -2.36. The first kappa shape index (κ1) is 15.5. The maximum atomic E-state index is 12.1. The van der Waals surface area contributed by atoms with Gasteiger partial charge in [0.2, 0.25) is 5.91 Å². The van der Waals surface area contributed by atoms with Gasteiger partial charge in [-0.1, -0.05) is 33.1 Å². The van der Waals surface area contributed by atoms with Crippen LogP contribution in [-0.4, -0.2) is 23.7 Å². The van der Waals surface area contributed by atoms with Gasteiger partial charge in [0.25, 0.3) is 0 Å². The zero-order valence-corrected chi connectivity index (χ0v) is 12.0. The first-order valence-electron chi connectivity index (χ1n) is 7.63. The highest BCUT2D eigenvalue weighted by molar-refractivity contribution is 5.78. The van der Waals surface area contributed by atoms with Crippen LogP contribution in [0, 0.1) is 11.8 Å². The molecular formula is C15H29NO2. The highest BCUT2D eigenvalue weighted by atomic mass is 16.3. The van der Waals surface area contributed by atoms with Gasteiger partial charge in [0, 0.05) is 12.5 Å². The van der Waals surface area contributed by atoms with E-state index in [4.69, 9.17) is 0 Å². The molecule has 0 spiro atoms. The molecule has 0 radical (unpaired) electrons. The van der Waals surface area contributed by atoms with Crippen molar-refractivity contribution in [2.45, 2.75) is 71.3 Å². The van der Waals surface area contributed by atoms with Crippen LogP contribution in [0.15, 0.2) is 0 Å². The summed E-state index contributed by atoms with van der Waals surface area (Å²) in [6, 6.07) is 0. The summed E-state index contributed by atoms with van der Waals surface area (Å²) < 4.78 is 0. The summed E-state index contributed by atoms with van der Waals surface area (Å²) in [5, 5.41) is 12.7. The minimum Gasteiger partial charge on any atom is -0.393 e. The minimum atomic E-state index is -0.150. The molecule has 0 saturated heterocycles. The van der Waals surface area contributed by atoms with Crippen LogP contribution in [0.25, 0.3) is 0 Å². The highest BCUT2D eigenvalue weighted by Crippen LogP contribution is 2.23. The first-order valence-corrected chi connectivity index (χ1v) is 7.63. The van der Waals surface area contributed by atoms with Crippen LogP contribution in [0.1, 0.15) is 65.2 Å². The molecule has 1 fully saturated rings. The average Bonchev–Trinajstić information content (AvgIpc) is 2.36. The third-order valence-electron chi connectivity index (χ3n) is 3.97. The van der Waals surface area contributed by atoms with Crippen molar-refractivity contribution in [1.82, 2.24) is 5.32 Å². The van der Waals surface area contributed by atoms with E-state index in [9.17, 15) is 9.90 Å². The summed E-state index contributed by atoms with van der Waals surface area (Å²) in [6.07, 6.45) is 7.99. The Balaban J connectivity index is 2.29. The van der Waals surface area contributed by atoms with Gasteiger partial charge in [-0.25, -0.2) is 0 Å². The maximum absolute atomic E-state index is 12.1. The van der Waals surface area contributed by atoms with Crippen LogP contribution < -0.4 is 5.32 Å². The van der Waals surface area contributed by atoms with Crippen molar-refractivity contribution in [2.24, 2.45) is 11.8 Å². The predicted molar refractivity (Wildman–Crippen MR) is 74.3 cm³/mol. The van der Waals surface area contributed by atoms with E-state index in [1.54, 1.807) is 0 Å². The molecule has 0 bridgehead atoms. The molecule has 3 nitrogen and oxygen atoms in total. The molecule has 2 atom stereocenters. The predicted octanol–water partition coefficient (Wildman–Crippen LogP) is 2.87. The summed E-state index contributed by atoms with van der Waals surface area (Å²) in [6.45, 7) is 5.01. The Bertz CT molecular complexity index is 237. The molecule has 0 aromatic rings. The summed E-state index contributed by atoms with van der Waals surface area (Å²) >= 11 is 0. The van der Waals surface area contributed by atoms with E-state index in [1.807, 2.05) is 0 Å². The molecule has 1 aliphatic carbocycles. The average molecular weight is 255 g/mol. The first-order chi connectivity index (χ1) is 8.67. The molecule has 1 aliphatic rings. The number of nitrogens with one attached hydrogen (secondary N) is 1. The van der Waals surface area contributed by atoms with Gasteiger partial charge >= 0.3 is 0 Å². The van der Waals surface area contributed by atoms with Gasteiger partial charge in [-0.2, -0.15) is 0 Å². The summed E-state index contributed by atoms with van der Waals surface area (Å²) in [5.41, 5.74) is 0. The number of rotatable bonds is 7. The van der Waals surface area contributed by atoms with E-state index >= 15 is 0 Å². The van der Waals surface area contributed by atoms with Crippen molar-refractivity contribution in [1.29, 1.82) is 0 Å². The number of amides is 1. The topological polar surface area (TPSA) is 49.3 Å². The number of carbonyl (C=O) groups is 1. The van der Waals surface area contributed by atoms with Crippen LogP contribution in [-0.2, 0) is 4.79 Å². The van der Waals surface area contributed by atoms with Gasteiger partial charge in [0.05, 0.1) is 6.10 Å². The van der Waals surface area contributed by atoms with Crippen molar-refractivity contribution in [3.05, 3.63) is 0 Å². The van der Waals surface area contributed by atoms with Gasteiger partial charge in [-0.15, -0.1) is 0 Å². The van der Waals surface area contributed by atoms with Crippen molar-refractivity contribution in [3.63, 3.8) is 0 Å². The fourth-order valence-corrected chi connectivity index (χ4v) is 2.94. The Kier molecular flexibility index (Phi) is 7.33. The summed E-state index contributed by atoms with van der Waals surface area (Å²) in [4.78, 5) is 12.1. The normalized spacial score (nSPS) is 24.2. The lowest BCUT2D eigenvalue weighted by atomic mass is 9.87. The smallest absolute Gasteiger partial charge is 0.223 e. The second-order valence-corrected chi connectivity index (χ2v) is 5.71. The molecular weight excluding hydrogens is 226 g/mol. The fourth-order valence-electron chi connectivity index (χ4n) is 2.94. The van der Waals surface area contributed by atoms with Gasteiger partial charge in [0.15, 0.2) is 0 Å². The molecule has 1 saturated carbocycles. The van der Waals surface area contributed by atoms with E-state index in [1.165, 1.54) is 0 Å². The summed E-state index contributed by atoms with van der Waals surface area (Å²) in [7, 11) is 0. The molecule has 1 rings (SSSR count). The number of hydrogen-bond donors (Lipinski definition) is 2. The Hall–Kier alpha value is -0.570. The zero-order chi connectivity index (χ0) is 13.4. The van der Waals surface area contributed by atoms with Crippen molar-refractivity contribution in [3.8, 4) is 0 Å². The van der Waals surface area contributed by atoms with Crippen LogP contribution in [0.2, 0.25) is 0 Å². The molecule has 0 aliphatic heterocycles. The lowest BCUT2D eigenvalue weighted by Gasteiger charge is -2.26. The van der Waals surface area contributed by atoms with Gasteiger partial charge in [-0.05, 0) is 38.0 Å². The molecule has 18 heavy (non-hydrogen) atoms. The van der Waals surface area contributed by atoms with Crippen LogP contribution in [0.3, 0.4) is 0 Å². The van der Waals surface area contributed by atoms with Gasteiger partial charge < -0.3 is 10.4 Å². The van der Waals surface area contributed by atoms with Crippen molar-refractivity contribution >= 4 is 5.91 Å². The van der Waals surface area contributed by atoms with E-state index < -0.39 is 0 Å². The van der Waals surface area contributed by atoms with Crippen LogP contribution in [0.4, 0.5) is 0 Å². The Labute approximate surface area is 111 Å². The monoisotopic (exact) mass is 255 g/mol. The molecule has 0 aromatic carbocycles. The lowest BCUT2D eigenvalue weighted by molar-refractivity contribution is -0.125. The Morgan fingerprint density at radius 2 is 1.94 bits per heavy atom. The van der Waals surface area contributed by atoms with E-state index in [0.29, 0.717) is 5.92 Å². The van der Waals surface area contributed by atoms with Gasteiger partial charge in [0.1, 0.15) is 0 Å². The third-order valence-corrected chi connectivity index (χ3v) is 3.97. The largest absolute Gasteiger partial charge is 0.393 e. The molecule has 106 valence electrons. The number of carbonyl (C=O) groups excluding carboxylic acids is 1. The van der Waals surface area contributed by atoms with Crippen molar-refractivity contribution < 1.29 is 9.90 Å². The maximum Gasteiger partial charge on any atom is 0.223 e. The van der Waals surface area contributed by atoms with Gasteiger partial charge in [-0.3, -0.25) is 4.79 Å². The summed E-state index contributed by atoms with van der Waals surface area (Å²) in [5.74, 6) is 0.883. The Morgan fingerprint density at radius 1 is 1.28 bits per heavy atom. The number of hydrogen-bond acceptors (Lipinski definition) is 2.